The van der Waals surface area contributed by atoms with Gasteiger partial charge < -0.3 is 0 Å². The summed E-state index contributed by atoms with van der Waals surface area (Å²) in [6, 6.07) is 2.58. The quantitative estimate of drug-likeness (QED) is 0.661. The van der Waals surface area contributed by atoms with Gasteiger partial charge in [0.1, 0.15) is 11.9 Å². The van der Waals surface area contributed by atoms with Crippen molar-refractivity contribution in [3.8, 4) is 0 Å². The van der Waals surface area contributed by atoms with Crippen molar-refractivity contribution < 1.29 is 4.39 Å². The first-order valence-corrected chi connectivity index (χ1v) is 5.67. The Labute approximate surface area is 106 Å². The molecule has 0 spiro atoms. The average Bonchev–Trinajstić information content (AvgIpc) is 2.64. The third-order valence-electron chi connectivity index (χ3n) is 2.42. The van der Waals surface area contributed by atoms with Gasteiger partial charge in [-0.1, -0.05) is 0 Å². The zero-order chi connectivity index (χ0) is 12.4. The van der Waals surface area contributed by atoms with Gasteiger partial charge in [0.15, 0.2) is 0 Å². The molecule has 0 aliphatic heterocycles. The van der Waals surface area contributed by atoms with Crippen LogP contribution in [0.3, 0.4) is 0 Å². The predicted octanol–water partition coefficient (Wildman–Crippen LogP) is 1.27. The van der Waals surface area contributed by atoms with Gasteiger partial charge in [0.25, 0.3) is 0 Å². The third-order valence-corrected chi connectivity index (χ3v) is 3.03. The van der Waals surface area contributed by atoms with Crippen molar-refractivity contribution in [1.29, 1.82) is 0 Å². The number of nitrogens with zero attached hydrogens (tertiary/aromatic N) is 3. The minimum Gasteiger partial charge on any atom is -0.270 e. The molecular weight excluding hydrogens is 289 g/mol. The number of nitrogens with one attached hydrogen (secondary N) is 1. The van der Waals surface area contributed by atoms with Crippen molar-refractivity contribution in [1.82, 2.24) is 20.2 Å². The van der Waals surface area contributed by atoms with Crippen LogP contribution in [-0.4, -0.2) is 14.8 Å². The molecule has 2 heterocycles. The van der Waals surface area contributed by atoms with Crippen molar-refractivity contribution in [2.24, 2.45) is 12.9 Å². The summed E-state index contributed by atoms with van der Waals surface area (Å²) in [6.45, 7) is 0. The lowest BCUT2D eigenvalue weighted by atomic mass is 10.1. The summed E-state index contributed by atoms with van der Waals surface area (Å²) in [5, 5.41) is 4.10. The van der Waals surface area contributed by atoms with Gasteiger partial charge in [-0.05, 0) is 28.1 Å². The Bertz CT molecular complexity index is 490. The maximum atomic E-state index is 12.8. The van der Waals surface area contributed by atoms with Gasteiger partial charge in [0, 0.05) is 7.05 Å². The van der Waals surface area contributed by atoms with Crippen LogP contribution in [0.1, 0.15) is 17.4 Å². The number of hydrazine groups is 1. The molecule has 0 saturated heterocycles. The fourth-order valence-electron chi connectivity index (χ4n) is 1.61. The second-order valence-corrected chi connectivity index (χ2v) is 4.36. The maximum absolute atomic E-state index is 12.8. The highest BCUT2D eigenvalue weighted by molar-refractivity contribution is 9.10. The van der Waals surface area contributed by atoms with Crippen LogP contribution in [0.2, 0.25) is 0 Å². The van der Waals surface area contributed by atoms with Crippen LogP contribution in [0, 0.1) is 5.82 Å². The molecule has 5 nitrogen and oxygen atoms in total. The average molecular weight is 300 g/mol. The van der Waals surface area contributed by atoms with Crippen molar-refractivity contribution in [3.05, 3.63) is 46.2 Å². The first kappa shape index (κ1) is 12.2. The molecule has 3 N–H and O–H groups in total. The molecule has 90 valence electrons. The van der Waals surface area contributed by atoms with Crippen molar-refractivity contribution in [3.63, 3.8) is 0 Å². The SMILES string of the molecule is Cn1ncc(Br)c1C(NN)c1ccc(F)cn1. The number of nitrogens with two attached hydrogens (primary N) is 1. The number of halogens is 2. The largest absolute Gasteiger partial charge is 0.270 e. The summed E-state index contributed by atoms with van der Waals surface area (Å²) in [7, 11) is 1.80. The third kappa shape index (κ3) is 2.36. The van der Waals surface area contributed by atoms with Crippen LogP contribution in [0.4, 0.5) is 4.39 Å². The Kier molecular flexibility index (Phi) is 3.51. The molecule has 0 amide bonds. The number of rotatable bonds is 3. The molecule has 0 aliphatic carbocycles. The van der Waals surface area contributed by atoms with Crippen LogP contribution in [-0.2, 0) is 7.05 Å². The van der Waals surface area contributed by atoms with Gasteiger partial charge in [-0.2, -0.15) is 5.10 Å². The molecule has 7 heteroatoms. The van der Waals surface area contributed by atoms with Crippen LogP contribution >= 0.6 is 15.9 Å². The Morgan fingerprint density at radius 2 is 2.24 bits per heavy atom. The van der Waals surface area contributed by atoms with E-state index in [0.717, 1.165) is 16.4 Å². The van der Waals surface area contributed by atoms with E-state index >= 15 is 0 Å². The molecule has 2 aromatic rings. The Hall–Kier alpha value is -1.31. The van der Waals surface area contributed by atoms with Crippen LogP contribution in [0.25, 0.3) is 0 Å². The zero-order valence-electron chi connectivity index (χ0n) is 9.06. The van der Waals surface area contributed by atoms with Gasteiger partial charge in [0.05, 0.1) is 28.3 Å². The highest BCUT2D eigenvalue weighted by Crippen LogP contribution is 2.26. The molecule has 1 atom stereocenters. The van der Waals surface area contributed by atoms with Crippen LogP contribution in [0.15, 0.2) is 29.0 Å². The smallest absolute Gasteiger partial charge is 0.141 e. The summed E-state index contributed by atoms with van der Waals surface area (Å²) in [5.74, 6) is 5.15. The number of pyridine rings is 1. The summed E-state index contributed by atoms with van der Waals surface area (Å²) in [6.07, 6.45) is 2.83. The van der Waals surface area contributed by atoms with E-state index in [2.05, 4.69) is 31.4 Å². The molecule has 0 aromatic carbocycles. The van der Waals surface area contributed by atoms with Gasteiger partial charge >= 0.3 is 0 Å². The highest BCUT2D eigenvalue weighted by Gasteiger charge is 2.20. The summed E-state index contributed by atoms with van der Waals surface area (Å²) in [4.78, 5) is 4.01. The lowest BCUT2D eigenvalue weighted by Gasteiger charge is -2.16. The zero-order valence-corrected chi connectivity index (χ0v) is 10.6. The lowest BCUT2D eigenvalue weighted by Crippen LogP contribution is -2.31. The Morgan fingerprint density at radius 3 is 2.71 bits per heavy atom. The molecule has 1 unspecified atom stereocenters. The van der Waals surface area contributed by atoms with E-state index in [1.807, 2.05) is 0 Å². The number of hydrogen-bond donors (Lipinski definition) is 2. The number of aromatic nitrogens is 3. The fraction of sp³-hybridized carbons (Fsp3) is 0.200. The molecule has 2 rings (SSSR count). The van der Waals surface area contributed by atoms with E-state index in [4.69, 9.17) is 5.84 Å². The molecule has 0 saturated carbocycles. The van der Waals surface area contributed by atoms with Crippen molar-refractivity contribution in [2.45, 2.75) is 6.04 Å². The first-order valence-electron chi connectivity index (χ1n) is 4.88. The second-order valence-electron chi connectivity index (χ2n) is 3.50. The standard InChI is InChI=1S/C10H11BrFN5/c1-17-10(7(11)5-15-17)9(16-13)8-3-2-6(12)4-14-8/h2-5,9,16H,13H2,1H3. The molecule has 2 aromatic heterocycles. The normalized spacial score (nSPS) is 12.7. The van der Waals surface area contributed by atoms with Gasteiger partial charge in [-0.25, -0.2) is 9.82 Å². The first-order chi connectivity index (χ1) is 8.13. The molecule has 0 radical (unpaired) electrons. The van der Waals surface area contributed by atoms with Crippen molar-refractivity contribution in [2.75, 3.05) is 0 Å². The van der Waals surface area contributed by atoms with E-state index in [0.29, 0.717) is 5.69 Å². The fourth-order valence-corrected chi connectivity index (χ4v) is 2.18. The Balaban J connectivity index is 2.43. The van der Waals surface area contributed by atoms with E-state index < -0.39 is 0 Å². The number of aryl methyl sites for hydroxylation is 1. The van der Waals surface area contributed by atoms with Crippen LogP contribution in [0.5, 0.6) is 0 Å². The van der Waals surface area contributed by atoms with E-state index in [1.165, 1.54) is 6.07 Å². The van der Waals surface area contributed by atoms with Gasteiger partial charge in [-0.3, -0.25) is 15.5 Å². The van der Waals surface area contributed by atoms with Crippen LogP contribution < -0.4 is 11.3 Å². The number of hydrogen-bond acceptors (Lipinski definition) is 4. The van der Waals surface area contributed by atoms with Gasteiger partial charge in [-0.15, -0.1) is 0 Å². The van der Waals surface area contributed by atoms with E-state index in [-0.39, 0.29) is 11.9 Å². The van der Waals surface area contributed by atoms with Crippen molar-refractivity contribution >= 4 is 15.9 Å². The topological polar surface area (TPSA) is 68.8 Å². The molecular formula is C10H11BrFN5. The Morgan fingerprint density at radius 1 is 1.47 bits per heavy atom. The minimum absolute atomic E-state index is 0.350. The van der Waals surface area contributed by atoms with E-state index in [9.17, 15) is 4.39 Å². The second kappa shape index (κ2) is 4.91. The predicted molar refractivity (Wildman–Crippen MR) is 64.3 cm³/mol. The summed E-state index contributed by atoms with van der Waals surface area (Å²) >= 11 is 3.39. The molecule has 0 bridgehead atoms. The van der Waals surface area contributed by atoms with Gasteiger partial charge in [0.2, 0.25) is 0 Å². The highest BCUT2D eigenvalue weighted by atomic mass is 79.9. The van der Waals surface area contributed by atoms with E-state index in [1.54, 1.807) is 24.0 Å². The molecule has 17 heavy (non-hydrogen) atoms. The maximum Gasteiger partial charge on any atom is 0.141 e. The lowest BCUT2D eigenvalue weighted by molar-refractivity contribution is 0.556. The molecule has 0 aliphatic rings. The molecule has 0 fully saturated rings. The monoisotopic (exact) mass is 299 g/mol. The summed E-state index contributed by atoms with van der Waals surface area (Å²) < 4.78 is 15.3. The minimum atomic E-state index is -0.381. The summed E-state index contributed by atoms with van der Waals surface area (Å²) in [5.41, 5.74) is 4.09.